The molecule has 0 aromatic heterocycles. The Morgan fingerprint density at radius 2 is 1.53 bits per heavy atom. The zero-order chi connectivity index (χ0) is 11.7. The van der Waals surface area contributed by atoms with Gasteiger partial charge in [-0.15, -0.1) is 0 Å². The molecule has 0 aliphatic heterocycles. The van der Waals surface area contributed by atoms with Crippen LogP contribution in [0.2, 0.25) is 0 Å². The first-order chi connectivity index (χ1) is 6.72. The zero-order valence-electron chi connectivity index (χ0n) is 7.91. The Kier molecular flexibility index (Phi) is 3.28. The molecule has 0 atom stereocenters. The highest BCUT2D eigenvalue weighted by molar-refractivity contribution is 6.22. The summed E-state index contributed by atoms with van der Waals surface area (Å²) < 4.78 is 50.2. The van der Waals surface area contributed by atoms with Crippen LogP contribution in [-0.4, -0.2) is 11.3 Å². The van der Waals surface area contributed by atoms with Gasteiger partial charge in [-0.2, -0.15) is 17.6 Å². The van der Waals surface area contributed by atoms with Crippen molar-refractivity contribution in [2.24, 2.45) is 0 Å². The van der Waals surface area contributed by atoms with Crippen molar-refractivity contribution in [1.29, 1.82) is 0 Å². The van der Waals surface area contributed by atoms with Crippen molar-refractivity contribution in [2.45, 2.75) is 24.6 Å². The second-order valence-electron chi connectivity index (χ2n) is 3.36. The summed E-state index contributed by atoms with van der Waals surface area (Å²) in [5.74, 6) is -4.23. The minimum Gasteiger partial charge on any atom is -0.198 e. The molecule has 0 spiro atoms. The third-order valence-corrected chi connectivity index (χ3v) is 2.24. The molecular formula is C10H9ClF4. The predicted molar refractivity (Wildman–Crippen MR) is 50.6 cm³/mol. The second kappa shape index (κ2) is 4.00. The SMILES string of the molecule is Cc1ccc(CC(F)(F)C(F)(F)Cl)cc1. The van der Waals surface area contributed by atoms with E-state index >= 15 is 0 Å². The first-order valence-corrected chi connectivity index (χ1v) is 4.60. The van der Waals surface area contributed by atoms with E-state index in [0.29, 0.717) is 0 Å². The molecule has 0 nitrogen and oxygen atoms in total. The van der Waals surface area contributed by atoms with Gasteiger partial charge in [0, 0.05) is 6.42 Å². The van der Waals surface area contributed by atoms with Crippen molar-refractivity contribution in [1.82, 2.24) is 0 Å². The molecule has 0 saturated carbocycles. The van der Waals surface area contributed by atoms with E-state index in [1.54, 1.807) is 19.1 Å². The topological polar surface area (TPSA) is 0 Å². The summed E-state index contributed by atoms with van der Waals surface area (Å²) in [7, 11) is 0. The molecule has 0 radical (unpaired) electrons. The molecule has 0 N–H and O–H groups in total. The molecule has 0 bridgehead atoms. The standard InChI is InChI=1S/C10H9ClF4/c1-7-2-4-8(5-3-7)6-9(12,13)10(11,14)15/h2-5H,6H2,1H3. The van der Waals surface area contributed by atoms with Crippen LogP contribution in [-0.2, 0) is 6.42 Å². The molecule has 15 heavy (non-hydrogen) atoms. The fourth-order valence-corrected chi connectivity index (χ4v) is 1.13. The van der Waals surface area contributed by atoms with Gasteiger partial charge in [-0.25, -0.2) is 0 Å². The van der Waals surface area contributed by atoms with E-state index in [4.69, 9.17) is 0 Å². The summed E-state index contributed by atoms with van der Waals surface area (Å²) in [5, 5.41) is -4.52. The molecule has 1 aromatic rings. The van der Waals surface area contributed by atoms with Crippen molar-refractivity contribution in [2.75, 3.05) is 0 Å². The Bertz CT molecular complexity index is 326. The lowest BCUT2D eigenvalue weighted by atomic mass is 10.1. The van der Waals surface area contributed by atoms with Gasteiger partial charge in [0.05, 0.1) is 0 Å². The van der Waals surface area contributed by atoms with Gasteiger partial charge in [-0.05, 0) is 24.1 Å². The van der Waals surface area contributed by atoms with Crippen LogP contribution in [0.5, 0.6) is 0 Å². The maximum Gasteiger partial charge on any atom is 0.384 e. The number of benzene rings is 1. The van der Waals surface area contributed by atoms with Crippen LogP contribution in [0.25, 0.3) is 0 Å². The molecule has 0 amide bonds. The van der Waals surface area contributed by atoms with Crippen molar-refractivity contribution in [3.8, 4) is 0 Å². The molecule has 0 aliphatic carbocycles. The molecule has 5 heteroatoms. The van der Waals surface area contributed by atoms with Crippen molar-refractivity contribution >= 4 is 11.6 Å². The Morgan fingerprint density at radius 1 is 1.07 bits per heavy atom. The smallest absolute Gasteiger partial charge is 0.198 e. The lowest BCUT2D eigenvalue weighted by Crippen LogP contribution is -2.37. The Labute approximate surface area is 89.9 Å². The van der Waals surface area contributed by atoms with E-state index < -0.39 is 17.7 Å². The van der Waals surface area contributed by atoms with Crippen LogP contribution in [0.4, 0.5) is 17.6 Å². The minimum atomic E-state index is -4.52. The Balaban J connectivity index is 2.82. The van der Waals surface area contributed by atoms with Gasteiger partial charge in [0.2, 0.25) is 0 Å². The van der Waals surface area contributed by atoms with Gasteiger partial charge >= 0.3 is 11.3 Å². The van der Waals surface area contributed by atoms with Crippen LogP contribution in [0, 0.1) is 6.92 Å². The summed E-state index contributed by atoms with van der Waals surface area (Å²) in [5.41, 5.74) is 1.01. The van der Waals surface area contributed by atoms with Crippen LogP contribution < -0.4 is 0 Å². The highest BCUT2D eigenvalue weighted by atomic mass is 35.5. The van der Waals surface area contributed by atoms with E-state index in [0.717, 1.165) is 5.56 Å². The summed E-state index contributed by atoms with van der Waals surface area (Å²) >= 11 is 4.32. The molecule has 0 unspecified atom stereocenters. The van der Waals surface area contributed by atoms with Crippen molar-refractivity contribution < 1.29 is 17.6 Å². The minimum absolute atomic E-state index is 0.130. The first kappa shape index (κ1) is 12.3. The average Bonchev–Trinajstić information content (AvgIpc) is 2.06. The van der Waals surface area contributed by atoms with E-state index in [-0.39, 0.29) is 5.56 Å². The first-order valence-electron chi connectivity index (χ1n) is 4.22. The maximum absolute atomic E-state index is 12.8. The van der Waals surface area contributed by atoms with Crippen LogP contribution >= 0.6 is 11.6 Å². The molecule has 0 aliphatic rings. The number of hydrogen-bond donors (Lipinski definition) is 0. The van der Waals surface area contributed by atoms with Crippen LogP contribution in [0.1, 0.15) is 11.1 Å². The average molecular weight is 241 g/mol. The van der Waals surface area contributed by atoms with E-state index in [1.165, 1.54) is 12.1 Å². The lowest BCUT2D eigenvalue weighted by molar-refractivity contribution is -0.155. The molecule has 0 fully saturated rings. The highest BCUT2D eigenvalue weighted by Crippen LogP contribution is 2.39. The van der Waals surface area contributed by atoms with Gasteiger partial charge < -0.3 is 0 Å². The van der Waals surface area contributed by atoms with Crippen LogP contribution in [0.3, 0.4) is 0 Å². The Hall–Kier alpha value is -0.770. The fourth-order valence-electron chi connectivity index (χ4n) is 1.06. The summed E-state index contributed by atoms with van der Waals surface area (Å²) in [6, 6.07) is 5.92. The largest absolute Gasteiger partial charge is 0.384 e. The third kappa shape index (κ3) is 3.09. The van der Waals surface area contributed by atoms with Gasteiger partial charge in [0.1, 0.15) is 0 Å². The Morgan fingerprint density at radius 3 is 1.93 bits per heavy atom. The highest BCUT2D eigenvalue weighted by Gasteiger charge is 2.54. The van der Waals surface area contributed by atoms with E-state index in [1.807, 2.05) is 0 Å². The van der Waals surface area contributed by atoms with Crippen molar-refractivity contribution in [3.63, 3.8) is 0 Å². The number of aryl methyl sites for hydroxylation is 1. The van der Waals surface area contributed by atoms with Gasteiger partial charge in [0.25, 0.3) is 0 Å². The second-order valence-corrected chi connectivity index (χ2v) is 3.84. The molecule has 1 aromatic carbocycles. The molecule has 0 saturated heterocycles. The number of halogens is 5. The number of alkyl halides is 5. The predicted octanol–water partition coefficient (Wildman–Crippen LogP) is 4.00. The maximum atomic E-state index is 12.8. The number of rotatable bonds is 3. The summed E-state index contributed by atoms with van der Waals surface area (Å²) in [6.07, 6.45) is -1.07. The molecule has 0 heterocycles. The molecule has 84 valence electrons. The fraction of sp³-hybridized carbons (Fsp3) is 0.400. The van der Waals surface area contributed by atoms with Gasteiger partial charge in [-0.1, -0.05) is 29.8 Å². The summed E-state index contributed by atoms with van der Waals surface area (Å²) in [4.78, 5) is 0. The normalized spacial score (nSPS) is 12.9. The molecule has 1 rings (SSSR count). The number of hydrogen-bond acceptors (Lipinski definition) is 0. The van der Waals surface area contributed by atoms with E-state index in [9.17, 15) is 17.6 Å². The van der Waals surface area contributed by atoms with E-state index in [2.05, 4.69) is 11.6 Å². The molecular weight excluding hydrogens is 232 g/mol. The van der Waals surface area contributed by atoms with Crippen LogP contribution in [0.15, 0.2) is 24.3 Å². The quantitative estimate of drug-likeness (QED) is 0.553. The summed E-state index contributed by atoms with van der Waals surface area (Å²) in [6.45, 7) is 1.78. The third-order valence-electron chi connectivity index (χ3n) is 1.96. The van der Waals surface area contributed by atoms with Gasteiger partial charge in [-0.3, -0.25) is 0 Å². The van der Waals surface area contributed by atoms with Gasteiger partial charge in [0.15, 0.2) is 0 Å². The van der Waals surface area contributed by atoms with Crippen molar-refractivity contribution in [3.05, 3.63) is 35.4 Å². The zero-order valence-corrected chi connectivity index (χ0v) is 8.66. The monoisotopic (exact) mass is 240 g/mol. The lowest BCUT2D eigenvalue weighted by Gasteiger charge is -2.20.